The van der Waals surface area contributed by atoms with Crippen molar-refractivity contribution in [3.8, 4) is 5.75 Å². The average Bonchev–Trinajstić information content (AvgIpc) is 3.27. The van der Waals surface area contributed by atoms with Gasteiger partial charge in [-0.25, -0.2) is 14.6 Å². The van der Waals surface area contributed by atoms with Gasteiger partial charge >= 0.3 is 0 Å². The highest BCUT2D eigenvalue weighted by atomic mass is 16.5. The maximum absolute atomic E-state index is 9.99. The fourth-order valence-electron chi connectivity index (χ4n) is 3.47. The van der Waals surface area contributed by atoms with Gasteiger partial charge in [0.05, 0.1) is 31.3 Å². The number of methoxy groups -OCH3 is 1. The van der Waals surface area contributed by atoms with Gasteiger partial charge in [0.25, 0.3) is 0 Å². The smallest absolute Gasteiger partial charge is 0.163 e. The van der Waals surface area contributed by atoms with Gasteiger partial charge in [-0.3, -0.25) is 0 Å². The third kappa shape index (κ3) is 3.54. The van der Waals surface area contributed by atoms with Crippen LogP contribution in [0.15, 0.2) is 30.5 Å². The minimum absolute atomic E-state index is 0.184. The summed E-state index contributed by atoms with van der Waals surface area (Å²) in [4.78, 5) is 11.9. The lowest BCUT2D eigenvalue weighted by Gasteiger charge is -2.22. The number of ether oxygens (including phenoxy) is 1. The first-order valence-corrected chi connectivity index (χ1v) is 9.65. The van der Waals surface area contributed by atoms with Crippen LogP contribution in [0.3, 0.4) is 0 Å². The Morgan fingerprint density at radius 1 is 1.18 bits per heavy atom. The molecule has 1 N–H and O–H groups in total. The van der Waals surface area contributed by atoms with E-state index in [0.29, 0.717) is 13.1 Å². The Morgan fingerprint density at radius 2 is 1.93 bits per heavy atom. The second-order valence-electron chi connectivity index (χ2n) is 8.40. The molecule has 0 saturated carbocycles. The Hall–Kier alpha value is -2.67. The Kier molecular flexibility index (Phi) is 4.71. The maximum Gasteiger partial charge on any atom is 0.163 e. The molecule has 0 spiro atoms. The first kappa shape index (κ1) is 18.7. The van der Waals surface area contributed by atoms with Crippen molar-refractivity contribution in [2.75, 3.05) is 25.1 Å². The SMILES string of the molecule is COc1ccc(Cn2ncc3c(N4CCC(O)C4)nc(C(C)(C)C)nc32)cc1. The van der Waals surface area contributed by atoms with E-state index in [1.54, 1.807) is 7.11 Å². The van der Waals surface area contributed by atoms with Crippen molar-refractivity contribution < 1.29 is 9.84 Å². The van der Waals surface area contributed by atoms with E-state index >= 15 is 0 Å². The molecule has 7 heteroatoms. The summed E-state index contributed by atoms with van der Waals surface area (Å²) in [5.41, 5.74) is 1.77. The molecule has 1 fully saturated rings. The Morgan fingerprint density at radius 3 is 2.54 bits per heavy atom. The number of hydrogen-bond acceptors (Lipinski definition) is 6. The van der Waals surface area contributed by atoms with Gasteiger partial charge in [0.15, 0.2) is 5.65 Å². The summed E-state index contributed by atoms with van der Waals surface area (Å²) < 4.78 is 7.16. The molecule has 0 amide bonds. The molecule has 1 saturated heterocycles. The van der Waals surface area contributed by atoms with E-state index in [2.05, 4.69) is 30.8 Å². The molecule has 1 unspecified atom stereocenters. The van der Waals surface area contributed by atoms with Crippen molar-refractivity contribution in [3.63, 3.8) is 0 Å². The molecular weight excluding hydrogens is 354 g/mol. The van der Waals surface area contributed by atoms with Crippen LogP contribution in [-0.2, 0) is 12.0 Å². The summed E-state index contributed by atoms with van der Waals surface area (Å²) in [5.74, 6) is 2.49. The molecule has 2 aromatic heterocycles. The van der Waals surface area contributed by atoms with Crippen LogP contribution < -0.4 is 9.64 Å². The molecule has 3 aromatic rings. The largest absolute Gasteiger partial charge is 0.497 e. The van der Waals surface area contributed by atoms with Gasteiger partial charge in [0, 0.05) is 18.5 Å². The van der Waals surface area contributed by atoms with E-state index in [9.17, 15) is 5.11 Å². The number of aliphatic hydroxyl groups excluding tert-OH is 1. The first-order valence-electron chi connectivity index (χ1n) is 9.65. The Balaban J connectivity index is 1.77. The van der Waals surface area contributed by atoms with Gasteiger partial charge in [-0.15, -0.1) is 0 Å². The molecule has 3 heterocycles. The summed E-state index contributed by atoms with van der Waals surface area (Å²) in [6, 6.07) is 7.98. The van der Waals surface area contributed by atoms with Crippen molar-refractivity contribution in [1.29, 1.82) is 0 Å². The topological polar surface area (TPSA) is 76.3 Å². The second-order valence-corrected chi connectivity index (χ2v) is 8.40. The third-order valence-corrected chi connectivity index (χ3v) is 5.10. The van der Waals surface area contributed by atoms with Crippen LogP contribution in [0.5, 0.6) is 5.75 Å². The molecule has 0 aliphatic carbocycles. The molecule has 4 rings (SSSR count). The number of hydrogen-bond donors (Lipinski definition) is 1. The lowest BCUT2D eigenvalue weighted by Crippen LogP contribution is -2.25. The zero-order valence-electron chi connectivity index (χ0n) is 16.9. The molecule has 148 valence electrons. The van der Waals surface area contributed by atoms with Crippen LogP contribution in [0.2, 0.25) is 0 Å². The second kappa shape index (κ2) is 7.05. The number of nitrogens with zero attached hydrogens (tertiary/aromatic N) is 5. The standard InChI is InChI=1S/C21H27N5O2/c1-21(2,3)20-23-18(25-10-9-15(27)13-25)17-11-22-26(19(17)24-20)12-14-5-7-16(28-4)8-6-14/h5-8,11,15,27H,9-10,12-13H2,1-4H3. The number of fused-ring (bicyclic) bond motifs is 1. The van der Waals surface area contributed by atoms with Crippen molar-refractivity contribution in [2.24, 2.45) is 0 Å². The van der Waals surface area contributed by atoms with E-state index in [1.165, 1.54) is 0 Å². The highest BCUT2D eigenvalue weighted by molar-refractivity contribution is 5.87. The van der Waals surface area contributed by atoms with Crippen LogP contribution in [0, 0.1) is 0 Å². The quantitative estimate of drug-likeness (QED) is 0.749. The van der Waals surface area contributed by atoms with E-state index < -0.39 is 0 Å². The predicted molar refractivity (Wildman–Crippen MR) is 109 cm³/mol. The number of β-amino-alcohol motifs (C(OH)–C–C–N with tert-alkyl or cyclic N) is 1. The monoisotopic (exact) mass is 381 g/mol. The van der Waals surface area contributed by atoms with Crippen LogP contribution in [0.25, 0.3) is 11.0 Å². The lowest BCUT2D eigenvalue weighted by atomic mass is 9.95. The van der Waals surface area contributed by atoms with E-state index in [-0.39, 0.29) is 11.5 Å². The first-order chi connectivity index (χ1) is 13.3. The van der Waals surface area contributed by atoms with Crippen molar-refractivity contribution in [2.45, 2.75) is 45.3 Å². The van der Waals surface area contributed by atoms with E-state index in [0.717, 1.165) is 47.0 Å². The molecule has 1 aliphatic rings. The summed E-state index contributed by atoms with van der Waals surface area (Å²) in [6.45, 7) is 8.35. The predicted octanol–water partition coefficient (Wildman–Crippen LogP) is 2.75. The third-order valence-electron chi connectivity index (χ3n) is 5.10. The minimum Gasteiger partial charge on any atom is -0.497 e. The van der Waals surface area contributed by atoms with Gasteiger partial charge in [0.2, 0.25) is 0 Å². The fraction of sp³-hybridized carbons (Fsp3) is 0.476. The fourth-order valence-corrected chi connectivity index (χ4v) is 3.47. The van der Waals surface area contributed by atoms with Crippen LogP contribution >= 0.6 is 0 Å². The van der Waals surface area contributed by atoms with Gasteiger partial charge in [0.1, 0.15) is 17.4 Å². The number of rotatable bonds is 4. The normalized spacial score (nSPS) is 17.5. The maximum atomic E-state index is 9.99. The Labute approximate surface area is 165 Å². The van der Waals surface area contributed by atoms with E-state index in [1.807, 2.05) is 35.1 Å². The average molecular weight is 381 g/mol. The van der Waals surface area contributed by atoms with Gasteiger partial charge in [-0.1, -0.05) is 32.9 Å². The summed E-state index contributed by atoms with van der Waals surface area (Å²) in [5, 5.41) is 15.5. The lowest BCUT2D eigenvalue weighted by molar-refractivity contribution is 0.198. The summed E-state index contributed by atoms with van der Waals surface area (Å²) in [7, 11) is 1.66. The molecule has 0 radical (unpaired) electrons. The molecule has 1 atom stereocenters. The Bertz CT molecular complexity index is 975. The van der Waals surface area contributed by atoms with Crippen molar-refractivity contribution in [3.05, 3.63) is 41.9 Å². The van der Waals surface area contributed by atoms with Crippen LogP contribution in [0.1, 0.15) is 38.6 Å². The molecule has 28 heavy (non-hydrogen) atoms. The van der Waals surface area contributed by atoms with Gasteiger partial charge in [-0.05, 0) is 24.1 Å². The molecule has 0 bridgehead atoms. The van der Waals surface area contributed by atoms with Crippen LogP contribution in [-0.4, -0.2) is 51.2 Å². The molecule has 7 nitrogen and oxygen atoms in total. The highest BCUT2D eigenvalue weighted by Crippen LogP contribution is 2.30. The van der Waals surface area contributed by atoms with Crippen molar-refractivity contribution in [1.82, 2.24) is 19.7 Å². The number of aliphatic hydroxyl groups is 1. The van der Waals surface area contributed by atoms with Gasteiger partial charge < -0.3 is 14.7 Å². The van der Waals surface area contributed by atoms with E-state index in [4.69, 9.17) is 14.7 Å². The van der Waals surface area contributed by atoms with Crippen molar-refractivity contribution >= 4 is 16.9 Å². The number of benzene rings is 1. The minimum atomic E-state index is -0.308. The highest BCUT2D eigenvalue weighted by Gasteiger charge is 2.27. The van der Waals surface area contributed by atoms with Crippen LogP contribution in [0.4, 0.5) is 5.82 Å². The number of aromatic nitrogens is 4. The molecule has 1 aliphatic heterocycles. The molecular formula is C21H27N5O2. The summed E-state index contributed by atoms with van der Waals surface area (Å²) >= 11 is 0. The zero-order valence-corrected chi connectivity index (χ0v) is 16.9. The zero-order chi connectivity index (χ0) is 19.9. The summed E-state index contributed by atoms with van der Waals surface area (Å²) in [6.07, 6.45) is 2.29. The molecule has 1 aromatic carbocycles. The van der Waals surface area contributed by atoms with Gasteiger partial charge in [-0.2, -0.15) is 5.10 Å². The number of anilines is 1.